The molecule has 2 atom stereocenters. The predicted molar refractivity (Wildman–Crippen MR) is 83.8 cm³/mol. The van der Waals surface area contributed by atoms with Crippen molar-refractivity contribution >= 4 is 23.5 Å². The Morgan fingerprint density at radius 3 is 2.89 bits per heavy atom. The number of aryl methyl sites for hydroxylation is 2. The molecule has 1 nitrogen and oxygen atoms in total. The standard InChI is InChI=1S/C15H21NS2/c1-16-15(14-10-17-7-8-18-14)13-6-5-11-3-2-4-12(11)9-13/h5-6,9,14-16H,2-4,7-8,10H2,1H3. The molecule has 1 heterocycles. The molecule has 2 aliphatic rings. The molecule has 0 aromatic heterocycles. The Kier molecular flexibility index (Phi) is 4.22. The Morgan fingerprint density at radius 1 is 1.22 bits per heavy atom. The van der Waals surface area contributed by atoms with Gasteiger partial charge in [0.2, 0.25) is 0 Å². The van der Waals surface area contributed by atoms with Crippen LogP contribution >= 0.6 is 23.5 Å². The smallest absolute Gasteiger partial charge is 0.0446 e. The highest BCUT2D eigenvalue weighted by atomic mass is 32.2. The molecule has 1 N–H and O–H groups in total. The predicted octanol–water partition coefficient (Wildman–Crippen LogP) is 3.28. The summed E-state index contributed by atoms with van der Waals surface area (Å²) < 4.78 is 0. The van der Waals surface area contributed by atoms with Gasteiger partial charge in [0.1, 0.15) is 0 Å². The lowest BCUT2D eigenvalue weighted by Crippen LogP contribution is -2.31. The summed E-state index contributed by atoms with van der Waals surface area (Å²) in [4.78, 5) is 0. The molecule has 0 amide bonds. The van der Waals surface area contributed by atoms with Crippen molar-refractivity contribution in [3.05, 3.63) is 34.9 Å². The first-order chi connectivity index (χ1) is 8.88. The first-order valence-corrected chi connectivity index (χ1v) is 9.07. The average molecular weight is 279 g/mol. The number of benzene rings is 1. The molecule has 1 aliphatic carbocycles. The molecular weight excluding hydrogens is 258 g/mol. The second-order valence-electron chi connectivity index (χ2n) is 5.13. The zero-order chi connectivity index (χ0) is 12.4. The Labute approximate surface area is 119 Å². The van der Waals surface area contributed by atoms with E-state index in [1.807, 2.05) is 0 Å². The Bertz CT molecular complexity index is 413. The van der Waals surface area contributed by atoms with Crippen molar-refractivity contribution in [2.24, 2.45) is 0 Å². The molecule has 98 valence electrons. The fourth-order valence-corrected chi connectivity index (χ4v) is 5.96. The zero-order valence-corrected chi connectivity index (χ0v) is 12.6. The van der Waals surface area contributed by atoms with Gasteiger partial charge in [0.15, 0.2) is 0 Å². The zero-order valence-electron chi connectivity index (χ0n) is 10.9. The Balaban J connectivity index is 1.82. The monoisotopic (exact) mass is 279 g/mol. The van der Waals surface area contributed by atoms with E-state index in [2.05, 4.69) is 54.1 Å². The van der Waals surface area contributed by atoms with Gasteiger partial charge in [-0.25, -0.2) is 0 Å². The van der Waals surface area contributed by atoms with E-state index in [0.29, 0.717) is 6.04 Å². The molecule has 1 aliphatic heterocycles. The molecule has 1 fully saturated rings. The number of rotatable bonds is 3. The van der Waals surface area contributed by atoms with Crippen molar-refractivity contribution in [1.82, 2.24) is 5.32 Å². The number of nitrogens with one attached hydrogen (secondary N) is 1. The number of hydrogen-bond acceptors (Lipinski definition) is 3. The third-order valence-corrected chi connectivity index (χ3v) is 6.87. The molecule has 0 spiro atoms. The molecule has 0 bridgehead atoms. The fourth-order valence-electron chi connectivity index (χ4n) is 3.05. The van der Waals surface area contributed by atoms with Crippen molar-refractivity contribution < 1.29 is 0 Å². The highest BCUT2D eigenvalue weighted by Gasteiger charge is 2.25. The molecule has 18 heavy (non-hydrogen) atoms. The van der Waals surface area contributed by atoms with Crippen LogP contribution in [0.4, 0.5) is 0 Å². The van der Waals surface area contributed by atoms with Crippen LogP contribution in [0.5, 0.6) is 0 Å². The van der Waals surface area contributed by atoms with Crippen LogP contribution in [0.3, 0.4) is 0 Å². The summed E-state index contributed by atoms with van der Waals surface area (Å²) in [6.07, 6.45) is 3.91. The third-order valence-electron chi connectivity index (χ3n) is 4.01. The summed E-state index contributed by atoms with van der Waals surface area (Å²) in [5.41, 5.74) is 4.68. The van der Waals surface area contributed by atoms with Gasteiger partial charge in [-0.2, -0.15) is 23.5 Å². The molecule has 2 unspecified atom stereocenters. The second kappa shape index (κ2) is 5.89. The first kappa shape index (κ1) is 12.9. The Morgan fingerprint density at radius 2 is 2.11 bits per heavy atom. The minimum absolute atomic E-state index is 0.522. The van der Waals surface area contributed by atoms with Crippen molar-refractivity contribution in [3.63, 3.8) is 0 Å². The van der Waals surface area contributed by atoms with E-state index >= 15 is 0 Å². The van der Waals surface area contributed by atoms with Crippen LogP contribution in [0.15, 0.2) is 18.2 Å². The van der Waals surface area contributed by atoms with E-state index in [9.17, 15) is 0 Å². The van der Waals surface area contributed by atoms with Crippen LogP contribution in [0, 0.1) is 0 Å². The molecule has 1 aromatic rings. The Hall–Kier alpha value is -0.120. The van der Waals surface area contributed by atoms with E-state index in [0.717, 1.165) is 5.25 Å². The lowest BCUT2D eigenvalue weighted by molar-refractivity contribution is 0.592. The maximum Gasteiger partial charge on any atom is 0.0446 e. The van der Waals surface area contributed by atoms with Gasteiger partial charge in [0, 0.05) is 28.6 Å². The molecule has 3 rings (SSSR count). The van der Waals surface area contributed by atoms with Crippen molar-refractivity contribution in [1.29, 1.82) is 0 Å². The summed E-state index contributed by atoms with van der Waals surface area (Å²) in [6.45, 7) is 0. The summed E-state index contributed by atoms with van der Waals surface area (Å²) in [5.74, 6) is 3.91. The molecule has 0 radical (unpaired) electrons. The molecule has 3 heteroatoms. The number of fused-ring (bicyclic) bond motifs is 1. The average Bonchev–Trinajstić information content (AvgIpc) is 2.88. The van der Waals surface area contributed by atoms with Gasteiger partial charge in [0.25, 0.3) is 0 Å². The quantitative estimate of drug-likeness (QED) is 0.912. The van der Waals surface area contributed by atoms with Gasteiger partial charge in [-0.05, 0) is 43.0 Å². The minimum atomic E-state index is 0.522. The van der Waals surface area contributed by atoms with Gasteiger partial charge in [-0.1, -0.05) is 18.2 Å². The first-order valence-electron chi connectivity index (χ1n) is 6.87. The van der Waals surface area contributed by atoms with Gasteiger partial charge >= 0.3 is 0 Å². The van der Waals surface area contributed by atoms with E-state index in [1.54, 1.807) is 11.1 Å². The van der Waals surface area contributed by atoms with E-state index in [-0.39, 0.29) is 0 Å². The lowest BCUT2D eigenvalue weighted by Gasteiger charge is -2.30. The van der Waals surface area contributed by atoms with Crippen LogP contribution < -0.4 is 5.32 Å². The topological polar surface area (TPSA) is 12.0 Å². The SMILES string of the molecule is CNC(c1ccc2c(c1)CCC2)C1CSCCS1. The summed E-state index contributed by atoms with van der Waals surface area (Å²) in [7, 11) is 2.11. The number of hydrogen-bond donors (Lipinski definition) is 1. The largest absolute Gasteiger partial charge is 0.312 e. The van der Waals surface area contributed by atoms with E-state index in [1.165, 1.54) is 42.1 Å². The van der Waals surface area contributed by atoms with Crippen LogP contribution in [0.25, 0.3) is 0 Å². The molecule has 0 saturated carbocycles. The van der Waals surface area contributed by atoms with Crippen LogP contribution in [0.1, 0.15) is 29.2 Å². The maximum atomic E-state index is 3.55. The van der Waals surface area contributed by atoms with Crippen LogP contribution in [0.2, 0.25) is 0 Å². The summed E-state index contributed by atoms with van der Waals surface area (Å²) in [5, 5.41) is 4.27. The highest BCUT2D eigenvalue weighted by Crippen LogP contribution is 2.35. The molecule has 1 aromatic carbocycles. The second-order valence-corrected chi connectivity index (χ2v) is 7.63. The van der Waals surface area contributed by atoms with Crippen molar-refractivity contribution in [2.45, 2.75) is 30.6 Å². The van der Waals surface area contributed by atoms with E-state index < -0.39 is 0 Å². The molecular formula is C15H21NS2. The highest BCUT2D eigenvalue weighted by molar-refractivity contribution is 8.06. The van der Waals surface area contributed by atoms with Gasteiger partial charge in [0.05, 0.1) is 0 Å². The van der Waals surface area contributed by atoms with Gasteiger partial charge in [-0.3, -0.25) is 0 Å². The summed E-state index contributed by atoms with van der Waals surface area (Å²) in [6, 6.07) is 7.70. The normalized spacial score (nSPS) is 24.8. The lowest BCUT2D eigenvalue weighted by atomic mass is 9.99. The molecule has 1 saturated heterocycles. The minimum Gasteiger partial charge on any atom is -0.312 e. The van der Waals surface area contributed by atoms with Gasteiger partial charge in [-0.15, -0.1) is 0 Å². The van der Waals surface area contributed by atoms with Crippen molar-refractivity contribution in [2.75, 3.05) is 24.3 Å². The van der Waals surface area contributed by atoms with Gasteiger partial charge < -0.3 is 5.32 Å². The fraction of sp³-hybridized carbons (Fsp3) is 0.600. The number of thioether (sulfide) groups is 2. The summed E-state index contributed by atoms with van der Waals surface area (Å²) >= 11 is 4.25. The third kappa shape index (κ3) is 2.59. The van der Waals surface area contributed by atoms with Crippen molar-refractivity contribution in [3.8, 4) is 0 Å². The van der Waals surface area contributed by atoms with E-state index in [4.69, 9.17) is 0 Å². The maximum absolute atomic E-state index is 3.55. The van der Waals surface area contributed by atoms with Crippen LogP contribution in [-0.4, -0.2) is 29.6 Å². The van der Waals surface area contributed by atoms with Crippen LogP contribution in [-0.2, 0) is 12.8 Å².